The first-order valence-electron chi connectivity index (χ1n) is 6.15. The third kappa shape index (κ3) is 3.12. The Morgan fingerprint density at radius 2 is 1.82 bits per heavy atom. The standard InChI is InChI=1S/C12H18N4S/c13-11(17)10-6-7-14-15-12(10)16-8-4-2-1-3-5-9-16/h6-7H,1-5,8-9H2,(H2,13,17). The Balaban J connectivity index is 2.21. The number of aromatic nitrogens is 2. The predicted molar refractivity (Wildman–Crippen MR) is 73.2 cm³/mol. The van der Waals surface area contributed by atoms with Crippen molar-refractivity contribution in [2.24, 2.45) is 5.73 Å². The molecule has 0 spiro atoms. The average Bonchev–Trinajstić information content (AvgIpc) is 2.28. The highest BCUT2D eigenvalue weighted by atomic mass is 32.1. The van der Waals surface area contributed by atoms with Gasteiger partial charge in [0, 0.05) is 13.1 Å². The fraction of sp³-hybridized carbons (Fsp3) is 0.583. The third-order valence-electron chi connectivity index (χ3n) is 3.12. The summed E-state index contributed by atoms with van der Waals surface area (Å²) in [5.74, 6) is 0.849. The van der Waals surface area contributed by atoms with E-state index >= 15 is 0 Å². The Morgan fingerprint density at radius 3 is 2.47 bits per heavy atom. The summed E-state index contributed by atoms with van der Waals surface area (Å²) < 4.78 is 0. The van der Waals surface area contributed by atoms with Gasteiger partial charge in [-0.25, -0.2) is 0 Å². The molecule has 0 aromatic carbocycles. The summed E-state index contributed by atoms with van der Waals surface area (Å²) in [6, 6.07) is 1.85. The molecule has 0 aliphatic carbocycles. The van der Waals surface area contributed by atoms with Gasteiger partial charge in [-0.2, -0.15) is 5.10 Å². The lowest BCUT2D eigenvalue weighted by molar-refractivity contribution is 0.552. The van der Waals surface area contributed by atoms with Gasteiger partial charge in [0.2, 0.25) is 0 Å². The minimum absolute atomic E-state index is 0.400. The number of hydrogen-bond donors (Lipinski definition) is 1. The van der Waals surface area contributed by atoms with Crippen LogP contribution in [0.5, 0.6) is 0 Å². The summed E-state index contributed by atoms with van der Waals surface area (Å²) in [6.45, 7) is 2.04. The second-order valence-electron chi connectivity index (χ2n) is 4.39. The maximum atomic E-state index is 5.73. The first-order chi connectivity index (χ1) is 8.29. The summed E-state index contributed by atoms with van der Waals surface area (Å²) in [7, 11) is 0. The van der Waals surface area contributed by atoms with Crippen molar-refractivity contribution in [3.8, 4) is 0 Å². The Morgan fingerprint density at radius 1 is 1.18 bits per heavy atom. The fourth-order valence-corrected chi connectivity index (χ4v) is 2.37. The molecular weight excluding hydrogens is 232 g/mol. The maximum Gasteiger partial charge on any atom is 0.161 e. The smallest absolute Gasteiger partial charge is 0.161 e. The van der Waals surface area contributed by atoms with Gasteiger partial charge in [-0.3, -0.25) is 0 Å². The molecule has 0 amide bonds. The van der Waals surface area contributed by atoms with Crippen LogP contribution in [0.2, 0.25) is 0 Å². The van der Waals surface area contributed by atoms with E-state index in [-0.39, 0.29) is 0 Å². The van der Waals surface area contributed by atoms with Gasteiger partial charge in [-0.1, -0.05) is 31.5 Å². The van der Waals surface area contributed by atoms with Crippen molar-refractivity contribution in [2.45, 2.75) is 32.1 Å². The third-order valence-corrected chi connectivity index (χ3v) is 3.34. The molecule has 2 rings (SSSR count). The Labute approximate surface area is 107 Å². The highest BCUT2D eigenvalue weighted by molar-refractivity contribution is 7.80. The van der Waals surface area contributed by atoms with Crippen LogP contribution in [0.4, 0.5) is 5.82 Å². The maximum absolute atomic E-state index is 5.73. The second-order valence-corrected chi connectivity index (χ2v) is 4.83. The molecule has 2 N–H and O–H groups in total. The topological polar surface area (TPSA) is 55.0 Å². The van der Waals surface area contributed by atoms with Gasteiger partial charge in [-0.05, 0) is 18.9 Å². The van der Waals surface area contributed by atoms with Crippen molar-refractivity contribution in [1.82, 2.24) is 10.2 Å². The van der Waals surface area contributed by atoms with E-state index in [0.717, 1.165) is 24.5 Å². The van der Waals surface area contributed by atoms with Gasteiger partial charge in [0.05, 0.1) is 11.8 Å². The molecule has 4 nitrogen and oxygen atoms in total. The Kier molecular flexibility index (Phi) is 4.25. The Hall–Kier alpha value is -1.23. The molecule has 0 unspecified atom stereocenters. The van der Waals surface area contributed by atoms with Crippen LogP contribution in [0.1, 0.15) is 37.7 Å². The molecule has 1 saturated heterocycles. The van der Waals surface area contributed by atoms with E-state index in [0.29, 0.717) is 4.99 Å². The number of anilines is 1. The lowest BCUT2D eigenvalue weighted by atomic mass is 10.1. The molecule has 0 atom stereocenters. The highest BCUT2D eigenvalue weighted by Crippen LogP contribution is 2.20. The molecule has 1 fully saturated rings. The van der Waals surface area contributed by atoms with Gasteiger partial charge in [0.1, 0.15) is 4.99 Å². The van der Waals surface area contributed by atoms with Crippen LogP contribution in [0.3, 0.4) is 0 Å². The fourth-order valence-electron chi connectivity index (χ4n) is 2.21. The summed E-state index contributed by atoms with van der Waals surface area (Å²) >= 11 is 5.06. The lowest BCUT2D eigenvalue weighted by Gasteiger charge is -2.26. The molecular formula is C12H18N4S. The van der Waals surface area contributed by atoms with Crippen molar-refractivity contribution < 1.29 is 0 Å². The van der Waals surface area contributed by atoms with E-state index in [1.807, 2.05) is 6.07 Å². The number of nitrogens with zero attached hydrogens (tertiary/aromatic N) is 3. The van der Waals surface area contributed by atoms with Crippen molar-refractivity contribution in [2.75, 3.05) is 18.0 Å². The molecule has 0 saturated carbocycles. The molecule has 17 heavy (non-hydrogen) atoms. The van der Waals surface area contributed by atoms with Crippen LogP contribution in [0.15, 0.2) is 12.3 Å². The van der Waals surface area contributed by atoms with Crippen molar-refractivity contribution >= 4 is 23.0 Å². The van der Waals surface area contributed by atoms with Crippen LogP contribution in [-0.4, -0.2) is 28.3 Å². The predicted octanol–water partition coefficient (Wildman–Crippen LogP) is 1.88. The zero-order valence-corrected chi connectivity index (χ0v) is 10.7. The molecule has 1 aromatic rings. The highest BCUT2D eigenvalue weighted by Gasteiger charge is 2.15. The van der Waals surface area contributed by atoms with E-state index in [2.05, 4.69) is 15.1 Å². The van der Waals surface area contributed by atoms with Gasteiger partial charge >= 0.3 is 0 Å². The molecule has 1 aromatic heterocycles. The average molecular weight is 250 g/mol. The van der Waals surface area contributed by atoms with Gasteiger partial charge < -0.3 is 10.6 Å². The molecule has 2 heterocycles. The molecule has 1 aliphatic heterocycles. The first kappa shape index (κ1) is 12.2. The monoisotopic (exact) mass is 250 g/mol. The zero-order chi connectivity index (χ0) is 12.1. The van der Waals surface area contributed by atoms with Gasteiger partial charge in [-0.15, -0.1) is 5.10 Å². The van der Waals surface area contributed by atoms with Crippen LogP contribution in [-0.2, 0) is 0 Å². The second kappa shape index (κ2) is 5.91. The summed E-state index contributed by atoms with van der Waals surface area (Å²) in [5.41, 5.74) is 6.57. The van der Waals surface area contributed by atoms with E-state index < -0.39 is 0 Å². The van der Waals surface area contributed by atoms with Crippen LogP contribution in [0, 0.1) is 0 Å². The molecule has 0 bridgehead atoms. The van der Waals surface area contributed by atoms with Gasteiger partial charge in [0.25, 0.3) is 0 Å². The first-order valence-corrected chi connectivity index (χ1v) is 6.56. The number of hydrogen-bond acceptors (Lipinski definition) is 4. The zero-order valence-electron chi connectivity index (χ0n) is 9.93. The molecule has 1 aliphatic rings. The SMILES string of the molecule is NC(=S)c1ccnnc1N1CCCCCCC1. The van der Waals surface area contributed by atoms with Crippen LogP contribution in [0.25, 0.3) is 0 Å². The number of rotatable bonds is 2. The van der Waals surface area contributed by atoms with Gasteiger partial charge in [0.15, 0.2) is 5.82 Å². The summed E-state index contributed by atoms with van der Waals surface area (Å²) in [5, 5.41) is 8.15. The lowest BCUT2D eigenvalue weighted by Crippen LogP contribution is -2.30. The molecule has 92 valence electrons. The normalized spacial score (nSPS) is 17.3. The van der Waals surface area contributed by atoms with E-state index in [1.165, 1.54) is 32.1 Å². The Bertz CT molecular complexity index is 386. The molecule has 5 heteroatoms. The quantitative estimate of drug-likeness (QED) is 0.812. The summed E-state index contributed by atoms with van der Waals surface area (Å²) in [4.78, 5) is 2.66. The van der Waals surface area contributed by atoms with Crippen molar-refractivity contribution in [3.63, 3.8) is 0 Å². The van der Waals surface area contributed by atoms with Crippen LogP contribution < -0.4 is 10.6 Å². The summed E-state index contributed by atoms with van der Waals surface area (Å²) in [6.07, 6.45) is 7.97. The minimum Gasteiger partial charge on any atom is -0.389 e. The van der Waals surface area contributed by atoms with E-state index in [1.54, 1.807) is 6.20 Å². The van der Waals surface area contributed by atoms with Crippen molar-refractivity contribution in [1.29, 1.82) is 0 Å². The van der Waals surface area contributed by atoms with E-state index in [9.17, 15) is 0 Å². The van der Waals surface area contributed by atoms with Crippen molar-refractivity contribution in [3.05, 3.63) is 17.8 Å². The molecule has 0 radical (unpaired) electrons. The largest absolute Gasteiger partial charge is 0.389 e. The number of thiocarbonyl (C=S) groups is 1. The van der Waals surface area contributed by atoms with Crippen LogP contribution >= 0.6 is 12.2 Å². The van der Waals surface area contributed by atoms with E-state index in [4.69, 9.17) is 18.0 Å². The number of nitrogens with two attached hydrogens (primary N) is 1. The minimum atomic E-state index is 0.400.